The monoisotopic (exact) mass is 407 g/mol. The van der Waals surface area contributed by atoms with E-state index in [-0.39, 0.29) is 24.2 Å². The number of hydrogen-bond acceptors (Lipinski definition) is 4. The maximum absolute atomic E-state index is 12.9. The number of carboxylic acid groups (broad SMARTS) is 1. The van der Waals surface area contributed by atoms with Crippen LogP contribution >= 0.6 is 0 Å². The average Bonchev–Trinajstić information content (AvgIpc) is 3.17. The molecular formula is C23H25N3O4. The van der Waals surface area contributed by atoms with Crippen LogP contribution in [0.4, 0.5) is 0 Å². The predicted octanol–water partition coefficient (Wildman–Crippen LogP) is 3.37. The number of para-hydroxylation sites is 1. The number of piperidine rings is 1. The van der Waals surface area contributed by atoms with Crippen molar-refractivity contribution < 1.29 is 19.4 Å². The van der Waals surface area contributed by atoms with E-state index in [4.69, 9.17) is 4.74 Å². The maximum Gasteiger partial charge on any atom is 0.303 e. The van der Waals surface area contributed by atoms with E-state index in [2.05, 4.69) is 9.97 Å². The minimum Gasteiger partial charge on any atom is -0.494 e. The van der Waals surface area contributed by atoms with Crippen molar-refractivity contribution in [3.63, 3.8) is 0 Å². The van der Waals surface area contributed by atoms with Crippen molar-refractivity contribution in [2.75, 3.05) is 20.2 Å². The van der Waals surface area contributed by atoms with Crippen LogP contribution in [0.3, 0.4) is 0 Å². The van der Waals surface area contributed by atoms with E-state index in [1.165, 1.54) is 0 Å². The molecule has 30 heavy (non-hydrogen) atoms. The number of carboxylic acids is 1. The number of fused-ring (bicyclic) bond motifs is 1. The van der Waals surface area contributed by atoms with Crippen molar-refractivity contribution in [1.29, 1.82) is 0 Å². The third kappa shape index (κ3) is 4.15. The highest BCUT2D eigenvalue weighted by Crippen LogP contribution is 2.31. The lowest BCUT2D eigenvalue weighted by Gasteiger charge is -2.38. The Balaban J connectivity index is 1.57. The van der Waals surface area contributed by atoms with Crippen LogP contribution < -0.4 is 4.74 Å². The Hall–Kier alpha value is -3.35. The van der Waals surface area contributed by atoms with E-state index in [9.17, 15) is 14.7 Å². The first-order valence-corrected chi connectivity index (χ1v) is 10.1. The van der Waals surface area contributed by atoms with E-state index >= 15 is 0 Å². The lowest BCUT2D eigenvalue weighted by Crippen LogP contribution is -2.45. The molecule has 0 bridgehead atoms. The molecule has 3 aromatic rings. The summed E-state index contributed by atoms with van der Waals surface area (Å²) in [5.41, 5.74) is 2.30. The van der Waals surface area contributed by atoms with E-state index in [0.717, 1.165) is 16.9 Å². The normalized spacial score (nSPS) is 19.0. The number of benzene rings is 2. The molecule has 2 aromatic carbocycles. The van der Waals surface area contributed by atoms with Crippen molar-refractivity contribution in [3.05, 3.63) is 59.9 Å². The fourth-order valence-electron chi connectivity index (χ4n) is 4.32. The van der Waals surface area contributed by atoms with E-state index < -0.39 is 5.97 Å². The molecule has 0 radical (unpaired) electrons. The van der Waals surface area contributed by atoms with Gasteiger partial charge in [0.15, 0.2) is 0 Å². The second-order valence-corrected chi connectivity index (χ2v) is 7.77. The van der Waals surface area contributed by atoms with Gasteiger partial charge in [-0.2, -0.15) is 0 Å². The molecule has 7 nitrogen and oxygen atoms in total. The number of methoxy groups -OCH3 is 1. The van der Waals surface area contributed by atoms with Crippen molar-refractivity contribution in [2.24, 2.45) is 11.8 Å². The Bertz CT molecular complexity index is 1050. The predicted molar refractivity (Wildman–Crippen MR) is 113 cm³/mol. The number of carbonyl (C=O) groups excluding carboxylic acids is 1. The van der Waals surface area contributed by atoms with Crippen LogP contribution in [0, 0.1) is 11.8 Å². The molecule has 1 aliphatic rings. The Morgan fingerprint density at radius 1 is 1.17 bits per heavy atom. The van der Waals surface area contributed by atoms with Gasteiger partial charge >= 0.3 is 5.97 Å². The van der Waals surface area contributed by atoms with Crippen LogP contribution in [0.1, 0.15) is 29.0 Å². The van der Waals surface area contributed by atoms with Gasteiger partial charge in [0.05, 0.1) is 12.6 Å². The lowest BCUT2D eigenvalue weighted by molar-refractivity contribution is -0.139. The van der Waals surface area contributed by atoms with Crippen LogP contribution in [0.2, 0.25) is 0 Å². The molecule has 1 amide bonds. The first-order chi connectivity index (χ1) is 14.5. The average molecular weight is 407 g/mol. The minimum absolute atomic E-state index is 0.00238. The molecule has 1 saturated heterocycles. The number of H-pyrrole nitrogens is 1. The highest BCUT2D eigenvalue weighted by atomic mass is 16.5. The summed E-state index contributed by atoms with van der Waals surface area (Å²) in [7, 11) is 1.61. The topological polar surface area (TPSA) is 95.5 Å². The van der Waals surface area contributed by atoms with Gasteiger partial charge in [0.1, 0.15) is 17.1 Å². The quantitative estimate of drug-likeness (QED) is 0.653. The fraction of sp³-hybridized carbons (Fsp3) is 0.348. The zero-order valence-electron chi connectivity index (χ0n) is 16.9. The molecule has 0 spiro atoms. The van der Waals surface area contributed by atoms with Gasteiger partial charge in [-0.25, -0.2) is 4.98 Å². The van der Waals surface area contributed by atoms with Crippen LogP contribution in [-0.4, -0.2) is 52.1 Å². The highest BCUT2D eigenvalue weighted by Gasteiger charge is 2.33. The summed E-state index contributed by atoms with van der Waals surface area (Å²) in [6, 6.07) is 14.9. The standard InChI is InChI=1S/C23H25N3O4/c1-30-19-9-5-8-18-22(19)25-20(24-18)12-17-14-26(11-10-16(17)13-21(27)28)23(29)15-6-3-2-4-7-15/h2-9,16-17H,10-14H2,1H3,(H,24,25)(H,27,28)/t16-,17-/m0/s1. The zero-order valence-corrected chi connectivity index (χ0v) is 16.9. The summed E-state index contributed by atoms with van der Waals surface area (Å²) < 4.78 is 5.39. The second kappa shape index (κ2) is 8.57. The molecule has 7 heteroatoms. The van der Waals surface area contributed by atoms with Crippen molar-refractivity contribution in [1.82, 2.24) is 14.9 Å². The molecule has 1 aliphatic heterocycles. The molecule has 156 valence electrons. The van der Waals surface area contributed by atoms with Crippen LogP contribution in [0.15, 0.2) is 48.5 Å². The van der Waals surface area contributed by atoms with Gasteiger partial charge in [0, 0.05) is 31.5 Å². The molecule has 2 N–H and O–H groups in total. The molecule has 0 aliphatic carbocycles. The fourth-order valence-corrected chi connectivity index (χ4v) is 4.32. The highest BCUT2D eigenvalue weighted by molar-refractivity contribution is 5.94. The number of nitrogens with one attached hydrogen (secondary N) is 1. The van der Waals surface area contributed by atoms with E-state index in [1.807, 2.05) is 53.4 Å². The number of aliphatic carboxylic acids is 1. The number of imidazole rings is 1. The minimum atomic E-state index is -0.806. The van der Waals surface area contributed by atoms with Crippen molar-refractivity contribution in [3.8, 4) is 5.75 Å². The SMILES string of the molecule is COc1cccc2[nH]c(C[C@H]3CN(C(=O)c4ccccc4)CC[C@H]3CC(=O)O)nc12. The van der Waals surface area contributed by atoms with Gasteiger partial charge < -0.3 is 19.7 Å². The summed E-state index contributed by atoms with van der Waals surface area (Å²) >= 11 is 0. The van der Waals surface area contributed by atoms with Gasteiger partial charge in [-0.05, 0) is 42.5 Å². The maximum atomic E-state index is 12.9. The number of rotatable bonds is 6. The molecule has 2 atom stereocenters. The zero-order chi connectivity index (χ0) is 21.1. The second-order valence-electron chi connectivity index (χ2n) is 7.77. The Kier molecular flexibility index (Phi) is 5.70. The number of carbonyl (C=O) groups is 2. The smallest absolute Gasteiger partial charge is 0.303 e. The Morgan fingerprint density at radius 2 is 1.97 bits per heavy atom. The summed E-state index contributed by atoms with van der Waals surface area (Å²) in [5, 5.41) is 9.36. The van der Waals surface area contributed by atoms with Crippen LogP contribution in [0.25, 0.3) is 11.0 Å². The summed E-state index contributed by atoms with van der Waals surface area (Å²) in [4.78, 5) is 34.2. The van der Waals surface area contributed by atoms with E-state index in [0.29, 0.717) is 37.2 Å². The molecule has 2 heterocycles. The number of likely N-dealkylation sites (tertiary alicyclic amines) is 1. The Morgan fingerprint density at radius 3 is 2.70 bits per heavy atom. The summed E-state index contributed by atoms with van der Waals surface area (Å²) in [6.07, 6.45) is 1.34. The molecule has 1 fully saturated rings. The number of aromatic nitrogens is 2. The van der Waals surface area contributed by atoms with Crippen molar-refractivity contribution >= 4 is 22.9 Å². The number of ether oxygens (including phenoxy) is 1. The number of nitrogens with zero attached hydrogens (tertiary/aromatic N) is 2. The first kappa shape index (κ1) is 19.9. The molecule has 1 aromatic heterocycles. The third-order valence-corrected chi connectivity index (χ3v) is 5.84. The number of amides is 1. The third-order valence-electron chi connectivity index (χ3n) is 5.84. The van der Waals surface area contributed by atoms with Gasteiger partial charge in [0.25, 0.3) is 5.91 Å². The van der Waals surface area contributed by atoms with Gasteiger partial charge in [-0.1, -0.05) is 24.3 Å². The first-order valence-electron chi connectivity index (χ1n) is 10.1. The van der Waals surface area contributed by atoms with Gasteiger partial charge in [-0.15, -0.1) is 0 Å². The van der Waals surface area contributed by atoms with Crippen LogP contribution in [0.5, 0.6) is 5.75 Å². The number of hydrogen-bond donors (Lipinski definition) is 2. The molecule has 0 unspecified atom stereocenters. The summed E-state index contributed by atoms with van der Waals surface area (Å²) in [5.74, 6) is 0.664. The molecule has 4 rings (SSSR count). The Labute approximate surface area is 174 Å². The van der Waals surface area contributed by atoms with E-state index in [1.54, 1.807) is 7.11 Å². The van der Waals surface area contributed by atoms with Gasteiger partial charge in [0.2, 0.25) is 0 Å². The van der Waals surface area contributed by atoms with Crippen LogP contribution in [-0.2, 0) is 11.2 Å². The molecule has 0 saturated carbocycles. The largest absolute Gasteiger partial charge is 0.494 e. The van der Waals surface area contributed by atoms with Gasteiger partial charge in [-0.3, -0.25) is 9.59 Å². The number of aromatic amines is 1. The van der Waals surface area contributed by atoms with Crippen molar-refractivity contribution in [2.45, 2.75) is 19.3 Å². The summed E-state index contributed by atoms with van der Waals surface area (Å²) in [6.45, 7) is 1.08. The molecular weight excluding hydrogens is 382 g/mol. The lowest BCUT2D eigenvalue weighted by atomic mass is 9.81.